The van der Waals surface area contributed by atoms with Crippen LogP contribution in [0.5, 0.6) is 11.5 Å². The Balaban J connectivity index is 2.25. The molecule has 0 aromatic heterocycles. The largest absolute Gasteiger partial charge is 0.508 e. The number of aromatic hydroxyl groups is 1. The van der Waals surface area contributed by atoms with Crippen molar-refractivity contribution >= 4 is 5.69 Å². The molecule has 112 valence electrons. The fraction of sp³-hybridized carbons (Fsp3) is 0.250. The van der Waals surface area contributed by atoms with Crippen LogP contribution in [0.2, 0.25) is 0 Å². The number of nitrogens with two attached hydrogens (primary N) is 1. The first-order valence-electron chi connectivity index (χ1n) is 6.73. The Morgan fingerprint density at radius 3 is 2.71 bits per heavy atom. The van der Waals surface area contributed by atoms with Gasteiger partial charge in [0.1, 0.15) is 23.9 Å². The predicted molar refractivity (Wildman–Crippen MR) is 80.8 cm³/mol. The molecule has 5 heteroatoms. The smallest absolute Gasteiger partial charge is 0.131 e. The molecule has 2 rings (SSSR count). The number of ether oxygens (including phenoxy) is 1. The molecule has 21 heavy (non-hydrogen) atoms. The number of anilines is 1. The maximum atomic E-state index is 14.0. The Labute approximate surface area is 123 Å². The topological polar surface area (TPSA) is 58.7 Å². The van der Waals surface area contributed by atoms with E-state index in [1.807, 2.05) is 6.92 Å². The molecule has 2 aromatic carbocycles. The zero-order chi connectivity index (χ0) is 15.4. The second kappa shape index (κ2) is 6.45. The molecule has 0 aliphatic heterocycles. The van der Waals surface area contributed by atoms with Gasteiger partial charge in [-0.15, -0.1) is 0 Å². The van der Waals surface area contributed by atoms with Gasteiger partial charge in [0, 0.05) is 12.6 Å². The van der Waals surface area contributed by atoms with Crippen molar-refractivity contribution in [2.24, 2.45) is 5.84 Å². The average Bonchev–Trinajstić information content (AvgIpc) is 2.46. The highest BCUT2D eigenvalue weighted by Gasteiger charge is 2.12. The summed E-state index contributed by atoms with van der Waals surface area (Å²) < 4.78 is 19.7. The highest BCUT2D eigenvalue weighted by molar-refractivity contribution is 5.52. The second-order valence-electron chi connectivity index (χ2n) is 4.78. The molecule has 0 fully saturated rings. The van der Waals surface area contributed by atoms with Crippen LogP contribution in [0, 0.1) is 5.82 Å². The van der Waals surface area contributed by atoms with Crippen molar-refractivity contribution in [2.45, 2.75) is 20.0 Å². The van der Waals surface area contributed by atoms with E-state index in [1.54, 1.807) is 37.4 Å². The SMILES string of the molecule is CCc1cc(O)ccc1OCc1c(F)cccc1N(C)N. The van der Waals surface area contributed by atoms with Crippen molar-refractivity contribution in [1.82, 2.24) is 0 Å². The van der Waals surface area contributed by atoms with Gasteiger partial charge in [-0.2, -0.15) is 0 Å². The average molecular weight is 290 g/mol. The first-order chi connectivity index (χ1) is 10.0. The Hall–Kier alpha value is -2.27. The maximum absolute atomic E-state index is 14.0. The Kier molecular flexibility index (Phi) is 4.65. The summed E-state index contributed by atoms with van der Waals surface area (Å²) in [5.74, 6) is 6.16. The molecular formula is C16H19FN2O2. The van der Waals surface area contributed by atoms with Gasteiger partial charge in [0.2, 0.25) is 0 Å². The molecule has 0 bridgehead atoms. The summed E-state index contributed by atoms with van der Waals surface area (Å²) in [6.45, 7) is 2.03. The molecule has 0 aliphatic carbocycles. The van der Waals surface area contributed by atoms with Gasteiger partial charge in [0.15, 0.2) is 0 Å². The lowest BCUT2D eigenvalue weighted by Gasteiger charge is -2.18. The minimum Gasteiger partial charge on any atom is -0.508 e. The Morgan fingerprint density at radius 1 is 1.29 bits per heavy atom. The number of phenolic OH excluding ortho intramolecular Hbond substituents is 1. The van der Waals surface area contributed by atoms with Gasteiger partial charge in [-0.1, -0.05) is 13.0 Å². The van der Waals surface area contributed by atoms with Gasteiger partial charge in [-0.25, -0.2) is 10.2 Å². The number of benzene rings is 2. The van der Waals surface area contributed by atoms with Crippen molar-refractivity contribution < 1.29 is 14.2 Å². The molecule has 0 radical (unpaired) electrons. The highest BCUT2D eigenvalue weighted by Crippen LogP contribution is 2.27. The Morgan fingerprint density at radius 2 is 2.05 bits per heavy atom. The van der Waals surface area contributed by atoms with Gasteiger partial charge in [-0.3, -0.25) is 0 Å². The molecule has 0 atom stereocenters. The predicted octanol–water partition coefficient (Wildman–Crippen LogP) is 2.98. The molecule has 4 nitrogen and oxygen atoms in total. The molecule has 0 amide bonds. The number of aryl methyl sites for hydroxylation is 1. The van der Waals surface area contributed by atoms with E-state index in [-0.39, 0.29) is 18.2 Å². The molecule has 0 heterocycles. The summed E-state index contributed by atoms with van der Waals surface area (Å²) >= 11 is 0. The van der Waals surface area contributed by atoms with E-state index in [1.165, 1.54) is 11.1 Å². The summed E-state index contributed by atoms with van der Waals surface area (Å²) in [5, 5.41) is 10.8. The summed E-state index contributed by atoms with van der Waals surface area (Å²) in [6.07, 6.45) is 0.713. The fourth-order valence-electron chi connectivity index (χ4n) is 2.15. The first-order valence-corrected chi connectivity index (χ1v) is 6.73. The van der Waals surface area contributed by atoms with Crippen molar-refractivity contribution in [3.05, 3.63) is 53.3 Å². The van der Waals surface area contributed by atoms with Gasteiger partial charge < -0.3 is 14.9 Å². The molecule has 0 saturated carbocycles. The zero-order valence-electron chi connectivity index (χ0n) is 12.1. The molecule has 0 aliphatic rings. The standard InChI is InChI=1S/C16H19FN2O2/c1-3-11-9-12(20)7-8-16(11)21-10-13-14(17)5-4-6-15(13)19(2)18/h4-9,20H,3,10,18H2,1-2H3. The molecular weight excluding hydrogens is 271 g/mol. The van der Waals surface area contributed by atoms with Gasteiger partial charge in [-0.05, 0) is 42.3 Å². The van der Waals surface area contributed by atoms with Crippen LogP contribution in [0.3, 0.4) is 0 Å². The van der Waals surface area contributed by atoms with Crippen molar-refractivity contribution in [2.75, 3.05) is 12.1 Å². The lowest BCUT2D eigenvalue weighted by Crippen LogP contribution is -2.27. The van der Waals surface area contributed by atoms with Gasteiger partial charge in [0.25, 0.3) is 0 Å². The molecule has 2 aromatic rings. The van der Waals surface area contributed by atoms with E-state index >= 15 is 0 Å². The van der Waals surface area contributed by atoms with Crippen molar-refractivity contribution in [3.63, 3.8) is 0 Å². The normalized spacial score (nSPS) is 10.5. The summed E-state index contributed by atoms with van der Waals surface area (Å²) in [4.78, 5) is 0. The monoisotopic (exact) mass is 290 g/mol. The number of hydrogen-bond acceptors (Lipinski definition) is 4. The minimum atomic E-state index is -0.360. The van der Waals surface area contributed by atoms with E-state index in [4.69, 9.17) is 10.6 Å². The minimum absolute atomic E-state index is 0.0708. The van der Waals surface area contributed by atoms with Crippen LogP contribution >= 0.6 is 0 Å². The molecule has 3 N–H and O–H groups in total. The van der Waals surface area contributed by atoms with Crippen LogP contribution in [0.15, 0.2) is 36.4 Å². The van der Waals surface area contributed by atoms with Crippen LogP contribution in [0.25, 0.3) is 0 Å². The van der Waals surface area contributed by atoms with E-state index in [2.05, 4.69) is 0 Å². The highest BCUT2D eigenvalue weighted by atomic mass is 19.1. The van der Waals surface area contributed by atoms with E-state index < -0.39 is 0 Å². The quantitative estimate of drug-likeness (QED) is 0.656. The second-order valence-corrected chi connectivity index (χ2v) is 4.78. The number of halogens is 1. The summed E-state index contributed by atoms with van der Waals surface area (Å²) in [7, 11) is 1.65. The van der Waals surface area contributed by atoms with Crippen LogP contribution in [-0.2, 0) is 13.0 Å². The lowest BCUT2D eigenvalue weighted by atomic mass is 10.1. The van der Waals surface area contributed by atoms with E-state index in [9.17, 15) is 9.50 Å². The van der Waals surface area contributed by atoms with Crippen molar-refractivity contribution in [3.8, 4) is 11.5 Å². The van der Waals surface area contributed by atoms with Crippen LogP contribution in [-0.4, -0.2) is 12.2 Å². The van der Waals surface area contributed by atoms with E-state index in [0.29, 0.717) is 23.4 Å². The van der Waals surface area contributed by atoms with Gasteiger partial charge in [0.05, 0.1) is 5.69 Å². The maximum Gasteiger partial charge on any atom is 0.131 e. The van der Waals surface area contributed by atoms with Crippen molar-refractivity contribution in [1.29, 1.82) is 0 Å². The number of rotatable bonds is 5. The number of hydrazine groups is 1. The van der Waals surface area contributed by atoms with Gasteiger partial charge >= 0.3 is 0 Å². The molecule has 0 saturated heterocycles. The molecule has 0 unspecified atom stereocenters. The fourth-order valence-corrected chi connectivity index (χ4v) is 2.15. The van der Waals surface area contributed by atoms with E-state index in [0.717, 1.165) is 5.56 Å². The third kappa shape index (κ3) is 3.44. The van der Waals surface area contributed by atoms with Crippen LogP contribution in [0.4, 0.5) is 10.1 Å². The third-order valence-corrected chi connectivity index (χ3v) is 3.27. The Bertz CT molecular complexity index is 630. The lowest BCUT2D eigenvalue weighted by molar-refractivity contribution is 0.296. The number of hydrogen-bond donors (Lipinski definition) is 2. The van der Waals surface area contributed by atoms with Crippen LogP contribution < -0.4 is 15.6 Å². The number of phenols is 1. The first kappa shape index (κ1) is 15.1. The molecule has 0 spiro atoms. The summed E-state index contributed by atoms with van der Waals surface area (Å²) in [6, 6.07) is 9.59. The summed E-state index contributed by atoms with van der Waals surface area (Å²) in [5.41, 5.74) is 1.85. The zero-order valence-corrected chi connectivity index (χ0v) is 12.1. The van der Waals surface area contributed by atoms with Crippen LogP contribution in [0.1, 0.15) is 18.1 Å². The number of nitrogens with zero attached hydrogens (tertiary/aromatic N) is 1. The third-order valence-electron chi connectivity index (χ3n) is 3.27.